The lowest BCUT2D eigenvalue weighted by Crippen LogP contribution is -2.39. The number of carbonyl (C=O) groups is 1. The zero-order chi connectivity index (χ0) is 11.1. The van der Waals surface area contributed by atoms with Crippen molar-refractivity contribution in [3.8, 4) is 0 Å². The van der Waals surface area contributed by atoms with E-state index in [2.05, 4.69) is 10.3 Å². The van der Waals surface area contributed by atoms with Gasteiger partial charge in [0.05, 0.1) is 0 Å². The molecule has 1 unspecified atom stereocenters. The van der Waals surface area contributed by atoms with E-state index in [9.17, 15) is 4.79 Å². The van der Waals surface area contributed by atoms with Gasteiger partial charge < -0.3 is 16.2 Å². The monoisotopic (exact) mass is 209 g/mol. The summed E-state index contributed by atoms with van der Waals surface area (Å²) in [5, 5.41) is 11.7. The highest BCUT2D eigenvalue weighted by Gasteiger charge is 2.11. The molecule has 0 spiro atoms. The molecule has 0 radical (unpaired) electrons. The molecular formula is C10H15N3O2. The second-order valence-electron chi connectivity index (χ2n) is 3.15. The van der Waals surface area contributed by atoms with Crippen molar-refractivity contribution in [1.29, 1.82) is 0 Å². The largest absolute Gasteiger partial charge is 0.382 e. The molecule has 0 aliphatic heterocycles. The van der Waals surface area contributed by atoms with Crippen LogP contribution in [0, 0.1) is 0 Å². The second-order valence-corrected chi connectivity index (χ2v) is 3.15. The van der Waals surface area contributed by atoms with Crippen molar-refractivity contribution in [2.75, 3.05) is 13.1 Å². The zero-order valence-electron chi connectivity index (χ0n) is 8.39. The normalized spacial score (nSPS) is 12.1. The number of rotatable bonds is 5. The molecule has 0 bridgehead atoms. The number of nitrogens with zero attached hydrogens (tertiary/aromatic N) is 1. The predicted molar refractivity (Wildman–Crippen MR) is 56.0 cm³/mol. The minimum absolute atomic E-state index is 0.0568. The molecule has 0 saturated carbocycles. The first kappa shape index (κ1) is 11.6. The van der Waals surface area contributed by atoms with Crippen LogP contribution in [0.5, 0.6) is 0 Å². The number of aliphatic hydroxyl groups is 1. The Labute approximate surface area is 88.3 Å². The molecule has 0 aliphatic rings. The molecule has 0 saturated heterocycles. The number of aromatic nitrogens is 1. The smallest absolute Gasteiger partial charge is 0.250 e. The molecule has 4 N–H and O–H groups in total. The van der Waals surface area contributed by atoms with Gasteiger partial charge in [0.1, 0.15) is 6.10 Å². The maximum atomic E-state index is 11.1. The van der Waals surface area contributed by atoms with E-state index in [0.717, 1.165) is 5.56 Å². The van der Waals surface area contributed by atoms with E-state index in [4.69, 9.17) is 10.8 Å². The Kier molecular flexibility index (Phi) is 4.73. The van der Waals surface area contributed by atoms with E-state index in [1.54, 1.807) is 12.4 Å². The van der Waals surface area contributed by atoms with Crippen molar-refractivity contribution in [1.82, 2.24) is 10.3 Å². The molecule has 5 nitrogen and oxygen atoms in total. The Bertz CT molecular complexity index is 303. The number of amides is 1. The van der Waals surface area contributed by atoms with Crippen LogP contribution in [0.2, 0.25) is 0 Å². The first-order chi connectivity index (χ1) is 7.24. The molecule has 0 aromatic carbocycles. The van der Waals surface area contributed by atoms with E-state index < -0.39 is 12.0 Å². The van der Waals surface area contributed by atoms with E-state index in [-0.39, 0.29) is 6.54 Å². The number of carbonyl (C=O) groups excluding carboxylic acids is 1. The van der Waals surface area contributed by atoms with Gasteiger partial charge in [0.2, 0.25) is 5.91 Å². The van der Waals surface area contributed by atoms with E-state index >= 15 is 0 Å². The van der Waals surface area contributed by atoms with Crippen LogP contribution in [0.1, 0.15) is 5.56 Å². The molecule has 1 atom stereocenters. The fourth-order valence-electron chi connectivity index (χ4n) is 1.10. The Balaban J connectivity index is 2.25. The summed E-state index contributed by atoms with van der Waals surface area (Å²) >= 11 is 0. The molecule has 1 amide bonds. The quantitative estimate of drug-likeness (QED) is 0.584. The second kappa shape index (κ2) is 6.10. The summed E-state index contributed by atoms with van der Waals surface area (Å²) < 4.78 is 0. The fourth-order valence-corrected chi connectivity index (χ4v) is 1.10. The first-order valence-corrected chi connectivity index (χ1v) is 4.79. The summed E-state index contributed by atoms with van der Waals surface area (Å²) in [7, 11) is 0. The third kappa shape index (κ3) is 4.05. The van der Waals surface area contributed by atoms with Gasteiger partial charge >= 0.3 is 0 Å². The van der Waals surface area contributed by atoms with Crippen LogP contribution >= 0.6 is 0 Å². The average molecular weight is 209 g/mol. The Hall–Kier alpha value is -1.46. The third-order valence-corrected chi connectivity index (χ3v) is 1.96. The number of pyridine rings is 1. The van der Waals surface area contributed by atoms with Crippen LogP contribution in [0.3, 0.4) is 0 Å². The molecule has 0 fully saturated rings. The van der Waals surface area contributed by atoms with Crippen molar-refractivity contribution in [2.45, 2.75) is 12.5 Å². The number of nitrogens with two attached hydrogens (primary N) is 1. The minimum Gasteiger partial charge on any atom is -0.382 e. The lowest BCUT2D eigenvalue weighted by molar-refractivity contribution is -0.128. The van der Waals surface area contributed by atoms with Gasteiger partial charge in [-0.25, -0.2) is 0 Å². The highest BCUT2D eigenvalue weighted by Crippen LogP contribution is 1.95. The molecule has 1 rings (SSSR count). The Morgan fingerprint density at radius 2 is 2.47 bits per heavy atom. The number of hydrogen-bond acceptors (Lipinski definition) is 4. The molecule has 0 aliphatic carbocycles. The van der Waals surface area contributed by atoms with Crippen LogP contribution in [-0.2, 0) is 11.2 Å². The standard InChI is InChI=1S/C10H15N3O2/c11-6-9(14)10(15)13-5-3-8-2-1-4-12-7-8/h1-2,4,7,9,14H,3,5-6,11H2,(H,13,15). The van der Waals surface area contributed by atoms with Gasteiger partial charge in [0.25, 0.3) is 0 Å². The predicted octanol–water partition coefficient (Wildman–Crippen LogP) is -0.940. The lowest BCUT2D eigenvalue weighted by atomic mass is 10.2. The first-order valence-electron chi connectivity index (χ1n) is 4.79. The van der Waals surface area contributed by atoms with Gasteiger partial charge in [-0.1, -0.05) is 6.07 Å². The maximum absolute atomic E-state index is 11.1. The van der Waals surface area contributed by atoms with Gasteiger partial charge in [0, 0.05) is 25.5 Å². The van der Waals surface area contributed by atoms with Crippen molar-refractivity contribution in [2.24, 2.45) is 5.73 Å². The maximum Gasteiger partial charge on any atom is 0.250 e. The van der Waals surface area contributed by atoms with Crippen LogP contribution in [0.4, 0.5) is 0 Å². The molecular weight excluding hydrogens is 194 g/mol. The summed E-state index contributed by atoms with van der Waals surface area (Å²) in [6, 6.07) is 3.77. The number of nitrogens with one attached hydrogen (secondary N) is 1. The average Bonchev–Trinajstić information content (AvgIpc) is 2.29. The van der Waals surface area contributed by atoms with Gasteiger partial charge in [-0.2, -0.15) is 0 Å². The molecule has 5 heteroatoms. The van der Waals surface area contributed by atoms with Gasteiger partial charge in [-0.15, -0.1) is 0 Å². The van der Waals surface area contributed by atoms with Crippen LogP contribution in [-0.4, -0.2) is 35.2 Å². The molecule has 1 heterocycles. The topological polar surface area (TPSA) is 88.2 Å². The fraction of sp³-hybridized carbons (Fsp3) is 0.400. The van der Waals surface area contributed by atoms with Crippen LogP contribution in [0.25, 0.3) is 0 Å². The van der Waals surface area contributed by atoms with Crippen LogP contribution in [0.15, 0.2) is 24.5 Å². The van der Waals surface area contributed by atoms with Crippen molar-refractivity contribution in [3.05, 3.63) is 30.1 Å². The van der Waals surface area contributed by atoms with Gasteiger partial charge in [0.15, 0.2) is 0 Å². The summed E-state index contributed by atoms with van der Waals surface area (Å²) in [4.78, 5) is 15.1. The highest BCUT2D eigenvalue weighted by atomic mass is 16.3. The highest BCUT2D eigenvalue weighted by molar-refractivity contribution is 5.80. The molecule has 82 valence electrons. The summed E-state index contributed by atoms with van der Waals surface area (Å²) in [6.45, 7) is 0.417. The SMILES string of the molecule is NCC(O)C(=O)NCCc1cccnc1. The molecule has 15 heavy (non-hydrogen) atoms. The molecule has 1 aromatic rings. The van der Waals surface area contributed by atoms with E-state index in [1.165, 1.54) is 0 Å². The summed E-state index contributed by atoms with van der Waals surface area (Å²) in [5.41, 5.74) is 6.18. The van der Waals surface area contributed by atoms with Crippen LogP contribution < -0.4 is 11.1 Å². The Morgan fingerprint density at radius 1 is 1.67 bits per heavy atom. The van der Waals surface area contributed by atoms with Gasteiger partial charge in [-0.05, 0) is 18.1 Å². The molecule has 1 aromatic heterocycles. The van der Waals surface area contributed by atoms with Gasteiger partial charge in [-0.3, -0.25) is 9.78 Å². The van der Waals surface area contributed by atoms with Crippen molar-refractivity contribution < 1.29 is 9.90 Å². The third-order valence-electron chi connectivity index (χ3n) is 1.96. The van der Waals surface area contributed by atoms with E-state index in [1.807, 2.05) is 12.1 Å². The van der Waals surface area contributed by atoms with Crippen molar-refractivity contribution >= 4 is 5.91 Å². The Morgan fingerprint density at radius 3 is 3.07 bits per heavy atom. The number of aliphatic hydroxyl groups excluding tert-OH is 1. The summed E-state index contributed by atoms with van der Waals surface area (Å²) in [5.74, 6) is -0.429. The summed E-state index contributed by atoms with van der Waals surface area (Å²) in [6.07, 6.45) is 3.02. The van der Waals surface area contributed by atoms with E-state index in [0.29, 0.717) is 13.0 Å². The van der Waals surface area contributed by atoms with Crippen molar-refractivity contribution in [3.63, 3.8) is 0 Å². The minimum atomic E-state index is -1.11. The number of hydrogen-bond donors (Lipinski definition) is 3. The lowest BCUT2D eigenvalue weighted by Gasteiger charge is -2.08. The zero-order valence-corrected chi connectivity index (χ0v) is 8.39.